The lowest BCUT2D eigenvalue weighted by Crippen LogP contribution is -2.41. The lowest BCUT2D eigenvalue weighted by Gasteiger charge is -2.18. The summed E-state index contributed by atoms with van der Waals surface area (Å²) in [5.74, 6) is -0.744. The van der Waals surface area contributed by atoms with Crippen LogP contribution < -0.4 is 4.74 Å². The van der Waals surface area contributed by atoms with Gasteiger partial charge in [-0.2, -0.15) is 0 Å². The number of thioether (sulfide) groups is 1. The molecule has 0 unspecified atom stereocenters. The number of nitrogens with zero attached hydrogens (tertiary/aromatic N) is 1. The molecular formula is C14H13NO4S2. The number of rotatable bonds is 4. The summed E-state index contributed by atoms with van der Waals surface area (Å²) in [5, 5.41) is 9.02. The van der Waals surface area contributed by atoms with E-state index in [9.17, 15) is 9.59 Å². The van der Waals surface area contributed by atoms with Crippen LogP contribution >= 0.6 is 24.0 Å². The van der Waals surface area contributed by atoms with Crippen molar-refractivity contribution in [1.82, 2.24) is 4.90 Å². The zero-order chi connectivity index (χ0) is 15.6. The molecule has 7 heteroatoms. The van der Waals surface area contributed by atoms with Gasteiger partial charge in [0.15, 0.2) is 0 Å². The number of thiocarbonyl (C=S) groups is 1. The summed E-state index contributed by atoms with van der Waals surface area (Å²) in [7, 11) is 1.58. The first-order chi connectivity index (χ1) is 9.93. The smallest absolute Gasteiger partial charge is 0.326 e. The molecule has 1 aliphatic heterocycles. The van der Waals surface area contributed by atoms with Crippen LogP contribution in [0.15, 0.2) is 29.2 Å². The van der Waals surface area contributed by atoms with E-state index < -0.39 is 12.0 Å². The highest BCUT2D eigenvalue weighted by Gasteiger charge is 2.38. The average molecular weight is 323 g/mol. The zero-order valence-electron chi connectivity index (χ0n) is 11.4. The molecule has 1 aliphatic rings. The van der Waals surface area contributed by atoms with E-state index in [1.807, 2.05) is 12.1 Å². The Morgan fingerprint density at radius 1 is 1.43 bits per heavy atom. The monoisotopic (exact) mass is 323 g/mol. The lowest BCUT2D eigenvalue weighted by molar-refractivity contribution is -0.144. The van der Waals surface area contributed by atoms with E-state index in [4.69, 9.17) is 22.1 Å². The molecule has 110 valence electrons. The Labute approximate surface area is 131 Å². The van der Waals surface area contributed by atoms with Crippen molar-refractivity contribution in [3.63, 3.8) is 0 Å². The molecule has 1 saturated heterocycles. The number of carboxylic acid groups (broad SMARTS) is 1. The average Bonchev–Trinajstić information content (AvgIpc) is 2.73. The van der Waals surface area contributed by atoms with E-state index in [2.05, 4.69) is 0 Å². The Balaban J connectivity index is 2.25. The third-order valence-corrected chi connectivity index (χ3v) is 4.31. The van der Waals surface area contributed by atoms with Gasteiger partial charge in [0.25, 0.3) is 5.91 Å². The SMILES string of the molecule is COc1ccc(/C=C2/SC(=S)N([C@@H](C)C(=O)O)C2=O)cc1. The second kappa shape index (κ2) is 6.28. The van der Waals surface area contributed by atoms with E-state index in [0.717, 1.165) is 28.0 Å². The molecule has 0 aromatic heterocycles. The molecule has 1 atom stereocenters. The van der Waals surface area contributed by atoms with E-state index in [1.54, 1.807) is 25.3 Å². The third kappa shape index (κ3) is 3.25. The summed E-state index contributed by atoms with van der Waals surface area (Å²) in [6, 6.07) is 6.22. The molecule has 2 rings (SSSR count). The van der Waals surface area contributed by atoms with Crippen LogP contribution in [0.3, 0.4) is 0 Å². The van der Waals surface area contributed by atoms with Gasteiger partial charge in [-0.15, -0.1) is 0 Å². The molecule has 0 saturated carbocycles. The van der Waals surface area contributed by atoms with Gasteiger partial charge in [-0.25, -0.2) is 4.79 Å². The van der Waals surface area contributed by atoms with Crippen LogP contribution in [-0.2, 0) is 9.59 Å². The molecule has 21 heavy (non-hydrogen) atoms. The summed E-state index contributed by atoms with van der Waals surface area (Å²) in [5.41, 5.74) is 0.819. The molecule has 5 nitrogen and oxygen atoms in total. The molecule has 1 aromatic carbocycles. The number of ether oxygens (including phenoxy) is 1. The van der Waals surface area contributed by atoms with Crippen molar-refractivity contribution in [1.29, 1.82) is 0 Å². The summed E-state index contributed by atoms with van der Waals surface area (Å²) >= 11 is 6.20. The number of hydrogen-bond acceptors (Lipinski definition) is 5. The summed E-state index contributed by atoms with van der Waals surface area (Å²) in [4.78, 5) is 24.8. The molecule has 0 radical (unpaired) electrons. The minimum atomic E-state index is -1.09. The lowest BCUT2D eigenvalue weighted by atomic mass is 10.2. The molecule has 1 fully saturated rings. The second-order valence-corrected chi connectivity index (χ2v) is 6.01. The van der Waals surface area contributed by atoms with Crippen molar-refractivity contribution >= 4 is 46.3 Å². The Morgan fingerprint density at radius 2 is 2.05 bits per heavy atom. The number of carboxylic acids is 1. The quantitative estimate of drug-likeness (QED) is 0.678. The summed E-state index contributed by atoms with van der Waals surface area (Å²) in [6.07, 6.45) is 1.69. The zero-order valence-corrected chi connectivity index (χ0v) is 13.0. The predicted octanol–water partition coefficient (Wildman–Crippen LogP) is 2.37. The fourth-order valence-corrected chi connectivity index (χ4v) is 3.19. The Hall–Kier alpha value is -1.86. The van der Waals surface area contributed by atoms with Crippen molar-refractivity contribution in [2.75, 3.05) is 7.11 Å². The number of hydrogen-bond donors (Lipinski definition) is 1. The van der Waals surface area contributed by atoms with Gasteiger partial charge < -0.3 is 9.84 Å². The van der Waals surface area contributed by atoms with Crippen molar-refractivity contribution in [3.05, 3.63) is 34.7 Å². The van der Waals surface area contributed by atoms with Gasteiger partial charge in [-0.3, -0.25) is 9.69 Å². The largest absolute Gasteiger partial charge is 0.497 e. The van der Waals surface area contributed by atoms with Crippen LogP contribution in [-0.4, -0.2) is 39.4 Å². The minimum Gasteiger partial charge on any atom is -0.497 e. The van der Waals surface area contributed by atoms with Gasteiger partial charge in [-0.05, 0) is 30.7 Å². The van der Waals surface area contributed by atoms with Gasteiger partial charge in [0.05, 0.1) is 12.0 Å². The van der Waals surface area contributed by atoms with Crippen molar-refractivity contribution in [2.24, 2.45) is 0 Å². The molecular weight excluding hydrogens is 310 g/mol. The molecule has 1 heterocycles. The normalized spacial score (nSPS) is 18.2. The Kier molecular flexibility index (Phi) is 4.64. The summed E-state index contributed by atoms with van der Waals surface area (Å²) in [6.45, 7) is 1.43. The van der Waals surface area contributed by atoms with Crippen LogP contribution in [0.1, 0.15) is 12.5 Å². The minimum absolute atomic E-state index is 0.259. The first-order valence-electron chi connectivity index (χ1n) is 6.08. The topological polar surface area (TPSA) is 66.8 Å². The number of carbonyl (C=O) groups is 2. The molecule has 1 amide bonds. The van der Waals surface area contributed by atoms with Crippen molar-refractivity contribution < 1.29 is 19.4 Å². The number of aliphatic carboxylic acids is 1. The Morgan fingerprint density at radius 3 is 2.57 bits per heavy atom. The van der Waals surface area contributed by atoms with Crippen LogP contribution in [0.4, 0.5) is 0 Å². The van der Waals surface area contributed by atoms with E-state index in [-0.39, 0.29) is 10.2 Å². The second-order valence-electron chi connectivity index (χ2n) is 4.34. The standard InChI is InChI=1S/C14H13NO4S2/c1-8(13(17)18)15-12(16)11(21-14(15)20)7-9-3-5-10(19-2)6-4-9/h3-8H,1-2H3,(H,17,18)/b11-7+/t8-/m0/s1. The van der Waals surface area contributed by atoms with Gasteiger partial charge in [-0.1, -0.05) is 36.1 Å². The first-order valence-corrected chi connectivity index (χ1v) is 7.30. The van der Waals surface area contributed by atoms with Crippen molar-refractivity contribution in [2.45, 2.75) is 13.0 Å². The van der Waals surface area contributed by atoms with Crippen LogP contribution in [0.25, 0.3) is 6.08 Å². The van der Waals surface area contributed by atoms with Crippen molar-refractivity contribution in [3.8, 4) is 5.75 Å². The molecule has 1 aromatic rings. The van der Waals surface area contributed by atoms with Gasteiger partial charge >= 0.3 is 5.97 Å². The van der Waals surface area contributed by atoms with Gasteiger partial charge in [0.1, 0.15) is 16.1 Å². The predicted molar refractivity (Wildman–Crippen MR) is 85.1 cm³/mol. The van der Waals surface area contributed by atoms with E-state index >= 15 is 0 Å². The van der Waals surface area contributed by atoms with Crippen LogP contribution in [0.5, 0.6) is 5.75 Å². The van der Waals surface area contributed by atoms with E-state index in [0.29, 0.717) is 4.91 Å². The molecule has 0 aliphatic carbocycles. The molecule has 0 spiro atoms. The fraction of sp³-hybridized carbons (Fsp3) is 0.214. The number of benzene rings is 1. The maximum atomic E-state index is 12.3. The van der Waals surface area contributed by atoms with Crippen LogP contribution in [0.2, 0.25) is 0 Å². The third-order valence-electron chi connectivity index (χ3n) is 2.98. The first kappa shape index (κ1) is 15.5. The fourth-order valence-electron chi connectivity index (χ4n) is 1.78. The number of amides is 1. The number of carbonyl (C=O) groups excluding carboxylic acids is 1. The maximum absolute atomic E-state index is 12.3. The highest BCUT2D eigenvalue weighted by atomic mass is 32.2. The van der Waals surface area contributed by atoms with Crippen LogP contribution in [0, 0.1) is 0 Å². The molecule has 1 N–H and O–H groups in total. The molecule has 0 bridgehead atoms. The number of methoxy groups -OCH3 is 1. The highest BCUT2D eigenvalue weighted by Crippen LogP contribution is 2.34. The Bertz CT molecular complexity index is 624. The van der Waals surface area contributed by atoms with Gasteiger partial charge in [0.2, 0.25) is 0 Å². The highest BCUT2D eigenvalue weighted by molar-refractivity contribution is 8.26. The van der Waals surface area contributed by atoms with Gasteiger partial charge in [0, 0.05) is 0 Å². The van der Waals surface area contributed by atoms with E-state index in [1.165, 1.54) is 6.92 Å². The summed E-state index contributed by atoms with van der Waals surface area (Å²) < 4.78 is 5.32. The maximum Gasteiger partial charge on any atom is 0.326 e.